The highest BCUT2D eigenvalue weighted by molar-refractivity contribution is 6.36. The molecule has 0 saturated carbocycles. The predicted molar refractivity (Wildman–Crippen MR) is 79.6 cm³/mol. The van der Waals surface area contributed by atoms with E-state index in [0.717, 1.165) is 33.0 Å². The highest BCUT2D eigenvalue weighted by Gasteiger charge is 2.09. The lowest BCUT2D eigenvalue weighted by molar-refractivity contribution is 0.419. The lowest BCUT2D eigenvalue weighted by Crippen LogP contribution is -1.88. The molecule has 2 nitrogen and oxygen atoms in total. The smallest absolute Gasteiger partial charge is 0.126 e. The first-order valence-electron chi connectivity index (χ1n) is 5.97. The number of benzene rings is 3. The van der Waals surface area contributed by atoms with Crippen LogP contribution in [-0.2, 0) is 0 Å². The monoisotopic (exact) mass is 272 g/mol. The molecule has 0 fully saturated rings. The van der Waals surface area contributed by atoms with Crippen LogP contribution >= 0.6 is 11.6 Å². The van der Waals surface area contributed by atoms with E-state index < -0.39 is 0 Å². The van der Waals surface area contributed by atoms with Crippen molar-refractivity contribution in [1.29, 1.82) is 0 Å². The Hall–Kier alpha value is -1.93. The summed E-state index contributed by atoms with van der Waals surface area (Å²) in [5, 5.41) is 4.84. The largest absolute Gasteiger partial charge is 0.496 e. The molecule has 0 amide bonds. The highest BCUT2D eigenvalue weighted by atomic mass is 35.5. The van der Waals surface area contributed by atoms with E-state index in [1.807, 2.05) is 30.3 Å². The molecule has 3 rings (SSSR count). The van der Waals surface area contributed by atoms with Gasteiger partial charge >= 0.3 is 0 Å². The molecule has 0 spiro atoms. The maximum Gasteiger partial charge on any atom is 0.126 e. The van der Waals surface area contributed by atoms with Crippen LogP contribution in [0.1, 0.15) is 0 Å². The summed E-state index contributed by atoms with van der Waals surface area (Å²) >= 11 is 6.29. The molecule has 3 heteroatoms. The number of methoxy groups -OCH3 is 2. The maximum atomic E-state index is 6.29. The molecule has 0 radical (unpaired) electrons. The predicted octanol–water partition coefficient (Wildman–Crippen LogP) is 4.66. The SMILES string of the molecule is COc1cccc2cc3c(OC)ccc(Cl)c3cc12. The van der Waals surface area contributed by atoms with Crippen LogP contribution in [0.25, 0.3) is 21.5 Å². The Labute approximate surface area is 116 Å². The van der Waals surface area contributed by atoms with Crippen LogP contribution in [0.3, 0.4) is 0 Å². The van der Waals surface area contributed by atoms with Gasteiger partial charge in [-0.25, -0.2) is 0 Å². The fraction of sp³-hybridized carbons (Fsp3) is 0.125. The molecule has 0 heterocycles. The zero-order valence-electron chi connectivity index (χ0n) is 10.7. The van der Waals surface area contributed by atoms with Gasteiger partial charge in [0.25, 0.3) is 0 Å². The molecule has 0 atom stereocenters. The lowest BCUT2D eigenvalue weighted by Gasteiger charge is -2.10. The van der Waals surface area contributed by atoms with Crippen LogP contribution in [0.4, 0.5) is 0 Å². The van der Waals surface area contributed by atoms with Gasteiger partial charge in [0.1, 0.15) is 11.5 Å². The molecule has 19 heavy (non-hydrogen) atoms. The van der Waals surface area contributed by atoms with E-state index in [1.165, 1.54) is 0 Å². The summed E-state index contributed by atoms with van der Waals surface area (Å²) in [5.74, 6) is 1.67. The van der Waals surface area contributed by atoms with Gasteiger partial charge in [-0.15, -0.1) is 0 Å². The first-order valence-corrected chi connectivity index (χ1v) is 6.35. The molecule has 0 unspecified atom stereocenters. The van der Waals surface area contributed by atoms with Crippen molar-refractivity contribution in [3.63, 3.8) is 0 Å². The van der Waals surface area contributed by atoms with Gasteiger partial charge in [0, 0.05) is 21.2 Å². The minimum Gasteiger partial charge on any atom is -0.496 e. The van der Waals surface area contributed by atoms with Crippen molar-refractivity contribution in [2.24, 2.45) is 0 Å². The molecule has 3 aromatic rings. The van der Waals surface area contributed by atoms with Crippen LogP contribution in [0, 0.1) is 0 Å². The van der Waals surface area contributed by atoms with E-state index in [4.69, 9.17) is 21.1 Å². The van der Waals surface area contributed by atoms with Crippen molar-refractivity contribution in [1.82, 2.24) is 0 Å². The minimum atomic E-state index is 0.712. The quantitative estimate of drug-likeness (QED) is 0.632. The summed E-state index contributed by atoms with van der Waals surface area (Å²) < 4.78 is 10.8. The number of fused-ring (bicyclic) bond motifs is 2. The van der Waals surface area contributed by atoms with Gasteiger partial charge in [-0.05, 0) is 35.7 Å². The molecule has 96 valence electrons. The third-order valence-electron chi connectivity index (χ3n) is 3.32. The third kappa shape index (κ3) is 1.89. The number of ether oxygens (including phenoxy) is 2. The number of halogens is 1. The second kappa shape index (κ2) is 4.63. The lowest BCUT2D eigenvalue weighted by atomic mass is 10.0. The van der Waals surface area contributed by atoms with Gasteiger partial charge in [-0.2, -0.15) is 0 Å². The first kappa shape index (κ1) is 12.1. The fourth-order valence-corrected chi connectivity index (χ4v) is 2.60. The summed E-state index contributed by atoms with van der Waals surface area (Å²) in [6, 6.07) is 13.8. The van der Waals surface area contributed by atoms with E-state index in [0.29, 0.717) is 5.02 Å². The van der Waals surface area contributed by atoms with Gasteiger partial charge in [0.05, 0.1) is 14.2 Å². The number of hydrogen-bond donors (Lipinski definition) is 0. The Balaban J connectivity index is 2.48. The topological polar surface area (TPSA) is 18.5 Å². The standard InChI is InChI=1S/C16H13ClO2/c1-18-15-5-3-4-10-8-13-12(9-11(10)15)14(17)6-7-16(13)19-2/h3-9H,1-2H3. The fourth-order valence-electron chi connectivity index (χ4n) is 2.38. The Morgan fingerprint density at radius 1 is 0.789 bits per heavy atom. The Morgan fingerprint density at radius 2 is 1.53 bits per heavy atom. The molecular weight excluding hydrogens is 260 g/mol. The summed E-state index contributed by atoms with van der Waals surface area (Å²) in [6.07, 6.45) is 0. The molecular formula is C16H13ClO2. The van der Waals surface area contributed by atoms with Gasteiger partial charge in [-0.1, -0.05) is 23.7 Å². The van der Waals surface area contributed by atoms with Crippen molar-refractivity contribution < 1.29 is 9.47 Å². The van der Waals surface area contributed by atoms with Crippen molar-refractivity contribution in [2.45, 2.75) is 0 Å². The van der Waals surface area contributed by atoms with Crippen LogP contribution < -0.4 is 9.47 Å². The number of hydrogen-bond acceptors (Lipinski definition) is 2. The van der Waals surface area contributed by atoms with E-state index >= 15 is 0 Å². The Morgan fingerprint density at radius 3 is 2.26 bits per heavy atom. The second-order valence-corrected chi connectivity index (χ2v) is 4.74. The summed E-state index contributed by atoms with van der Waals surface area (Å²) in [6.45, 7) is 0. The zero-order valence-corrected chi connectivity index (χ0v) is 11.5. The van der Waals surface area contributed by atoms with Gasteiger partial charge in [-0.3, -0.25) is 0 Å². The molecule has 0 aromatic heterocycles. The second-order valence-electron chi connectivity index (χ2n) is 4.33. The van der Waals surface area contributed by atoms with Crippen LogP contribution in [-0.4, -0.2) is 14.2 Å². The van der Waals surface area contributed by atoms with Crippen LogP contribution in [0.15, 0.2) is 42.5 Å². The first-order chi connectivity index (χ1) is 9.24. The van der Waals surface area contributed by atoms with E-state index in [1.54, 1.807) is 14.2 Å². The van der Waals surface area contributed by atoms with Crippen molar-refractivity contribution in [3.8, 4) is 11.5 Å². The summed E-state index contributed by atoms with van der Waals surface area (Å²) in [5.41, 5.74) is 0. The van der Waals surface area contributed by atoms with E-state index in [9.17, 15) is 0 Å². The minimum absolute atomic E-state index is 0.712. The average molecular weight is 273 g/mol. The Bertz CT molecular complexity index is 765. The maximum absolute atomic E-state index is 6.29. The zero-order chi connectivity index (χ0) is 13.4. The molecule has 0 N–H and O–H groups in total. The Kier molecular flexibility index (Phi) is 2.96. The van der Waals surface area contributed by atoms with Crippen molar-refractivity contribution in [3.05, 3.63) is 47.5 Å². The summed E-state index contributed by atoms with van der Waals surface area (Å²) in [7, 11) is 3.34. The van der Waals surface area contributed by atoms with E-state index in [-0.39, 0.29) is 0 Å². The van der Waals surface area contributed by atoms with Crippen LogP contribution in [0.2, 0.25) is 5.02 Å². The number of rotatable bonds is 2. The summed E-state index contributed by atoms with van der Waals surface area (Å²) in [4.78, 5) is 0. The molecule has 0 bridgehead atoms. The van der Waals surface area contributed by atoms with Gasteiger partial charge in [0.2, 0.25) is 0 Å². The van der Waals surface area contributed by atoms with Crippen molar-refractivity contribution >= 4 is 33.1 Å². The van der Waals surface area contributed by atoms with Crippen LogP contribution in [0.5, 0.6) is 11.5 Å². The third-order valence-corrected chi connectivity index (χ3v) is 3.65. The van der Waals surface area contributed by atoms with Gasteiger partial charge in [0.15, 0.2) is 0 Å². The molecule has 0 aliphatic rings. The average Bonchev–Trinajstić information content (AvgIpc) is 2.45. The molecule has 0 aliphatic heterocycles. The van der Waals surface area contributed by atoms with Crippen molar-refractivity contribution in [2.75, 3.05) is 14.2 Å². The van der Waals surface area contributed by atoms with E-state index in [2.05, 4.69) is 12.1 Å². The van der Waals surface area contributed by atoms with Gasteiger partial charge < -0.3 is 9.47 Å². The molecule has 0 saturated heterocycles. The highest BCUT2D eigenvalue weighted by Crippen LogP contribution is 2.37. The molecule has 3 aromatic carbocycles. The molecule has 0 aliphatic carbocycles. The normalized spacial score (nSPS) is 10.9.